The van der Waals surface area contributed by atoms with Crippen LogP contribution >= 0.6 is 0 Å². The van der Waals surface area contributed by atoms with Crippen LogP contribution in [0.4, 0.5) is 0 Å². The van der Waals surface area contributed by atoms with E-state index in [-0.39, 0.29) is 0 Å². The van der Waals surface area contributed by atoms with E-state index in [1.54, 1.807) is 0 Å². The van der Waals surface area contributed by atoms with Crippen LogP contribution in [-0.4, -0.2) is 6.61 Å². The summed E-state index contributed by atoms with van der Waals surface area (Å²) in [6.07, 6.45) is 1.12. The maximum Gasteiger partial charge on any atom is 0.119 e. The summed E-state index contributed by atoms with van der Waals surface area (Å²) in [5, 5.41) is 0. The van der Waals surface area contributed by atoms with Crippen molar-refractivity contribution in [3.05, 3.63) is 30.3 Å². The van der Waals surface area contributed by atoms with Gasteiger partial charge in [0, 0.05) is 0 Å². The van der Waals surface area contributed by atoms with Gasteiger partial charge in [0.15, 0.2) is 0 Å². The van der Waals surface area contributed by atoms with Crippen LogP contribution in [0, 0.1) is 5.92 Å². The van der Waals surface area contributed by atoms with Gasteiger partial charge in [0.05, 0.1) is 6.61 Å². The Bertz CT molecular complexity index is 204. The molecule has 1 aromatic carbocycles. The Morgan fingerprint density at radius 2 is 1.28 bits per heavy atom. The topological polar surface area (TPSA) is 9.23 Å². The van der Waals surface area contributed by atoms with E-state index in [0.717, 1.165) is 18.8 Å². The SMILES string of the molecule is CC.CC.CC.CC(C)CCOc1ccccc1. The number of para-hydroxylation sites is 1. The summed E-state index contributed by atoms with van der Waals surface area (Å²) in [4.78, 5) is 0. The van der Waals surface area contributed by atoms with Crippen LogP contribution in [0.3, 0.4) is 0 Å². The summed E-state index contributed by atoms with van der Waals surface area (Å²) in [7, 11) is 0. The molecule has 1 nitrogen and oxygen atoms in total. The van der Waals surface area contributed by atoms with E-state index in [4.69, 9.17) is 4.74 Å². The minimum Gasteiger partial charge on any atom is -0.494 e. The van der Waals surface area contributed by atoms with Crippen molar-refractivity contribution >= 4 is 0 Å². The standard InChI is InChI=1S/C11H16O.3C2H6/c1-10(2)8-9-12-11-6-4-3-5-7-11;3*1-2/h3-7,10H,8-9H2,1-2H3;3*1-2H3. The van der Waals surface area contributed by atoms with Gasteiger partial charge in [-0.1, -0.05) is 73.6 Å². The van der Waals surface area contributed by atoms with E-state index in [1.807, 2.05) is 71.9 Å². The predicted octanol–water partition coefficient (Wildman–Crippen LogP) is 6.19. The molecule has 0 aliphatic rings. The second-order valence-electron chi connectivity index (χ2n) is 3.34. The highest BCUT2D eigenvalue weighted by Gasteiger charge is 1.94. The van der Waals surface area contributed by atoms with Crippen molar-refractivity contribution in [1.29, 1.82) is 0 Å². The second-order valence-corrected chi connectivity index (χ2v) is 3.34. The van der Waals surface area contributed by atoms with Gasteiger partial charge in [-0.25, -0.2) is 0 Å². The van der Waals surface area contributed by atoms with Gasteiger partial charge in [-0.2, -0.15) is 0 Å². The van der Waals surface area contributed by atoms with E-state index in [0.29, 0.717) is 5.92 Å². The molecule has 0 bridgehead atoms. The van der Waals surface area contributed by atoms with Crippen molar-refractivity contribution in [1.82, 2.24) is 0 Å². The molecule has 0 atom stereocenters. The summed E-state index contributed by atoms with van der Waals surface area (Å²) in [6, 6.07) is 9.95. The minimum absolute atomic E-state index is 0.716. The molecule has 0 heterocycles. The first-order valence-electron chi connectivity index (χ1n) is 7.47. The lowest BCUT2D eigenvalue weighted by atomic mass is 10.1. The molecule has 18 heavy (non-hydrogen) atoms. The molecule has 0 amide bonds. The zero-order valence-electron chi connectivity index (χ0n) is 13.8. The second kappa shape index (κ2) is 21.3. The van der Waals surface area contributed by atoms with Gasteiger partial charge in [-0.3, -0.25) is 0 Å². The largest absolute Gasteiger partial charge is 0.494 e. The molecule has 0 aliphatic carbocycles. The molecule has 0 saturated heterocycles. The zero-order chi connectivity index (χ0) is 14.8. The van der Waals surface area contributed by atoms with Crippen LogP contribution in [0.25, 0.3) is 0 Å². The molecule has 0 spiro atoms. The van der Waals surface area contributed by atoms with Gasteiger partial charge in [0.1, 0.15) is 5.75 Å². The van der Waals surface area contributed by atoms with Crippen LogP contribution in [-0.2, 0) is 0 Å². The van der Waals surface area contributed by atoms with Gasteiger partial charge < -0.3 is 4.74 Å². The monoisotopic (exact) mass is 254 g/mol. The van der Waals surface area contributed by atoms with Crippen LogP contribution in [0.2, 0.25) is 0 Å². The van der Waals surface area contributed by atoms with Crippen molar-refractivity contribution < 1.29 is 4.74 Å². The molecule has 0 unspecified atom stereocenters. The lowest BCUT2D eigenvalue weighted by Gasteiger charge is -2.07. The third-order valence-corrected chi connectivity index (χ3v) is 1.71. The summed E-state index contributed by atoms with van der Waals surface area (Å²) < 4.78 is 5.52. The first-order chi connectivity index (χ1) is 8.79. The van der Waals surface area contributed by atoms with Gasteiger partial charge in [-0.15, -0.1) is 0 Å². The Morgan fingerprint density at radius 1 is 0.833 bits per heavy atom. The first-order valence-corrected chi connectivity index (χ1v) is 7.47. The molecule has 0 aliphatic heterocycles. The van der Waals surface area contributed by atoms with Crippen LogP contribution in [0.5, 0.6) is 5.75 Å². The lowest BCUT2D eigenvalue weighted by molar-refractivity contribution is 0.289. The molecule has 1 heteroatoms. The van der Waals surface area contributed by atoms with Crippen LogP contribution in [0.15, 0.2) is 30.3 Å². The fourth-order valence-electron chi connectivity index (χ4n) is 0.929. The molecule has 0 aromatic heterocycles. The van der Waals surface area contributed by atoms with Crippen LogP contribution < -0.4 is 4.74 Å². The van der Waals surface area contributed by atoms with Crippen molar-refractivity contribution in [2.45, 2.75) is 61.8 Å². The highest BCUT2D eigenvalue weighted by atomic mass is 16.5. The lowest BCUT2D eigenvalue weighted by Crippen LogP contribution is -2.00. The molecule has 0 N–H and O–H groups in total. The van der Waals surface area contributed by atoms with Crippen molar-refractivity contribution in [3.8, 4) is 5.75 Å². The molecular weight excluding hydrogens is 220 g/mol. The number of rotatable bonds is 4. The van der Waals surface area contributed by atoms with E-state index >= 15 is 0 Å². The number of hydrogen-bond acceptors (Lipinski definition) is 1. The third-order valence-electron chi connectivity index (χ3n) is 1.71. The van der Waals surface area contributed by atoms with Gasteiger partial charge in [-0.05, 0) is 24.5 Å². The quantitative estimate of drug-likeness (QED) is 0.622. The molecule has 1 aromatic rings. The molecule has 108 valence electrons. The summed E-state index contributed by atoms with van der Waals surface area (Å²) in [6.45, 7) is 17.2. The van der Waals surface area contributed by atoms with Crippen molar-refractivity contribution in [2.75, 3.05) is 6.61 Å². The summed E-state index contributed by atoms with van der Waals surface area (Å²) in [5.41, 5.74) is 0. The highest BCUT2D eigenvalue weighted by molar-refractivity contribution is 5.20. The van der Waals surface area contributed by atoms with E-state index in [2.05, 4.69) is 13.8 Å². The third kappa shape index (κ3) is 17.4. The maximum absolute atomic E-state index is 5.52. The maximum atomic E-state index is 5.52. The fourth-order valence-corrected chi connectivity index (χ4v) is 0.929. The first kappa shape index (κ1) is 22.2. The molecule has 0 fully saturated rings. The highest BCUT2D eigenvalue weighted by Crippen LogP contribution is 2.09. The Balaban J connectivity index is -0.000000328. The smallest absolute Gasteiger partial charge is 0.119 e. The Kier molecular flexibility index (Phi) is 26.3. The number of benzene rings is 1. The van der Waals surface area contributed by atoms with Crippen molar-refractivity contribution in [3.63, 3.8) is 0 Å². The Hall–Kier alpha value is -0.980. The zero-order valence-corrected chi connectivity index (χ0v) is 13.8. The minimum atomic E-state index is 0.716. The van der Waals surface area contributed by atoms with E-state index < -0.39 is 0 Å². The number of hydrogen-bond donors (Lipinski definition) is 0. The van der Waals surface area contributed by atoms with Crippen molar-refractivity contribution in [2.24, 2.45) is 5.92 Å². The predicted molar refractivity (Wildman–Crippen MR) is 85.4 cm³/mol. The normalized spacial score (nSPS) is 7.83. The summed E-state index contributed by atoms with van der Waals surface area (Å²) >= 11 is 0. The van der Waals surface area contributed by atoms with E-state index in [9.17, 15) is 0 Å². The van der Waals surface area contributed by atoms with Gasteiger partial charge >= 0.3 is 0 Å². The average molecular weight is 254 g/mol. The average Bonchev–Trinajstić information content (AvgIpc) is 2.46. The summed E-state index contributed by atoms with van der Waals surface area (Å²) in [5.74, 6) is 1.69. The molecule has 1 rings (SSSR count). The molecular formula is C17H34O. The van der Waals surface area contributed by atoms with Gasteiger partial charge in [0.2, 0.25) is 0 Å². The molecule has 0 radical (unpaired) electrons. The fraction of sp³-hybridized carbons (Fsp3) is 0.647. The number of ether oxygens (including phenoxy) is 1. The van der Waals surface area contributed by atoms with Crippen LogP contribution in [0.1, 0.15) is 61.8 Å². The Morgan fingerprint density at radius 3 is 1.67 bits per heavy atom. The Labute approximate surface area is 116 Å². The van der Waals surface area contributed by atoms with E-state index in [1.165, 1.54) is 0 Å². The van der Waals surface area contributed by atoms with Gasteiger partial charge in [0.25, 0.3) is 0 Å². The molecule has 0 saturated carbocycles.